The van der Waals surface area contributed by atoms with Crippen LogP contribution in [0.1, 0.15) is 0 Å². The first-order valence-electron chi connectivity index (χ1n) is 11.9. The van der Waals surface area contributed by atoms with Crippen LogP contribution in [0.5, 0.6) is 5.75 Å². The second-order valence-corrected chi connectivity index (χ2v) is 9.44. The minimum absolute atomic E-state index is 0.316. The summed E-state index contributed by atoms with van der Waals surface area (Å²) in [7, 11) is 9.51. The molecule has 0 aliphatic rings. The summed E-state index contributed by atoms with van der Waals surface area (Å²) in [4.78, 5) is 30.2. The zero-order valence-corrected chi connectivity index (χ0v) is 22.9. The van der Waals surface area contributed by atoms with E-state index < -0.39 is 0 Å². The molecule has 4 rings (SSSR count). The summed E-state index contributed by atoms with van der Waals surface area (Å²) in [5, 5.41) is 6.75. The molecule has 2 heterocycles. The maximum Gasteiger partial charge on any atom is 0.247 e. The smallest absolute Gasteiger partial charge is 0.247 e. The number of anilines is 4. The SMILES string of the molecule is C=CC(=O)Nc1cc(Nc2nccc(-c3nc4cc(Cl)ccc4n3C)n2)c(OC)cc1N(C)CCN(C)C. The third-order valence-electron chi connectivity index (χ3n) is 6.03. The molecule has 0 saturated carbocycles. The third kappa shape index (κ3) is 5.87. The average molecular weight is 535 g/mol. The van der Waals surface area contributed by atoms with Crippen molar-refractivity contribution in [1.29, 1.82) is 0 Å². The number of nitrogens with zero attached hydrogens (tertiary/aromatic N) is 6. The van der Waals surface area contributed by atoms with Crippen molar-refractivity contribution in [1.82, 2.24) is 24.4 Å². The molecule has 0 aliphatic heterocycles. The Labute approximate surface area is 226 Å². The minimum atomic E-state index is -0.316. The third-order valence-corrected chi connectivity index (χ3v) is 6.26. The molecule has 0 aliphatic carbocycles. The summed E-state index contributed by atoms with van der Waals surface area (Å²) in [6, 6.07) is 11.0. The summed E-state index contributed by atoms with van der Waals surface area (Å²) >= 11 is 6.15. The van der Waals surface area contributed by atoms with Gasteiger partial charge in [-0.25, -0.2) is 15.0 Å². The van der Waals surface area contributed by atoms with Gasteiger partial charge in [0.05, 0.1) is 35.2 Å². The Kier molecular flexibility index (Phi) is 8.13. The Morgan fingerprint density at radius 2 is 1.92 bits per heavy atom. The second-order valence-electron chi connectivity index (χ2n) is 9.01. The number of nitrogens with one attached hydrogen (secondary N) is 2. The fraction of sp³-hybridized carbons (Fsp3) is 0.259. The lowest BCUT2D eigenvalue weighted by molar-refractivity contribution is -0.111. The van der Waals surface area contributed by atoms with Gasteiger partial charge in [-0.3, -0.25) is 4.79 Å². The molecule has 0 spiro atoms. The first kappa shape index (κ1) is 26.9. The molecule has 10 nitrogen and oxygen atoms in total. The van der Waals surface area contributed by atoms with E-state index in [9.17, 15) is 4.79 Å². The molecule has 2 N–H and O–H groups in total. The number of benzene rings is 2. The Bertz CT molecular complexity index is 1480. The fourth-order valence-electron chi connectivity index (χ4n) is 3.97. The normalized spacial score (nSPS) is 11.0. The van der Waals surface area contributed by atoms with Gasteiger partial charge in [0.1, 0.15) is 11.4 Å². The molecule has 4 aromatic rings. The highest BCUT2D eigenvalue weighted by Gasteiger charge is 2.17. The number of carbonyl (C=O) groups is 1. The maximum absolute atomic E-state index is 12.2. The van der Waals surface area contributed by atoms with E-state index in [1.807, 2.05) is 57.0 Å². The highest BCUT2D eigenvalue weighted by molar-refractivity contribution is 6.31. The largest absolute Gasteiger partial charge is 0.494 e. The van der Waals surface area contributed by atoms with Gasteiger partial charge in [-0.05, 0) is 50.5 Å². The van der Waals surface area contributed by atoms with Gasteiger partial charge in [0, 0.05) is 44.5 Å². The summed E-state index contributed by atoms with van der Waals surface area (Å²) in [5.41, 5.74) is 4.35. The number of likely N-dealkylation sites (N-methyl/N-ethyl adjacent to an activating group) is 2. The van der Waals surface area contributed by atoms with Crippen molar-refractivity contribution >= 4 is 51.6 Å². The van der Waals surface area contributed by atoms with Gasteiger partial charge < -0.3 is 29.7 Å². The van der Waals surface area contributed by atoms with Crippen molar-refractivity contribution in [3.63, 3.8) is 0 Å². The summed E-state index contributed by atoms with van der Waals surface area (Å²) in [6.45, 7) is 5.15. The van der Waals surface area contributed by atoms with Crippen LogP contribution in [0.3, 0.4) is 0 Å². The fourth-order valence-corrected chi connectivity index (χ4v) is 4.14. The van der Waals surface area contributed by atoms with E-state index in [0.717, 1.165) is 29.8 Å². The highest BCUT2D eigenvalue weighted by atomic mass is 35.5. The summed E-state index contributed by atoms with van der Waals surface area (Å²) < 4.78 is 7.65. The maximum atomic E-state index is 12.2. The van der Waals surface area contributed by atoms with Crippen LogP contribution in [0.2, 0.25) is 5.02 Å². The topological polar surface area (TPSA) is 100 Å². The number of amides is 1. The van der Waals surface area contributed by atoms with Crippen LogP contribution in [-0.2, 0) is 11.8 Å². The van der Waals surface area contributed by atoms with Gasteiger partial charge in [-0.1, -0.05) is 18.2 Å². The summed E-state index contributed by atoms with van der Waals surface area (Å²) in [5.74, 6) is 1.28. The zero-order valence-electron chi connectivity index (χ0n) is 22.1. The van der Waals surface area contributed by atoms with Crippen molar-refractivity contribution in [3.8, 4) is 17.3 Å². The highest BCUT2D eigenvalue weighted by Crippen LogP contribution is 2.38. The second kappa shape index (κ2) is 11.5. The van der Waals surface area contributed by atoms with Crippen LogP contribution in [0, 0.1) is 0 Å². The van der Waals surface area contributed by atoms with Crippen LogP contribution in [0.4, 0.5) is 23.0 Å². The first-order chi connectivity index (χ1) is 18.2. The van der Waals surface area contributed by atoms with E-state index in [4.69, 9.17) is 26.3 Å². The molecule has 0 unspecified atom stereocenters. The molecule has 0 bridgehead atoms. The molecule has 0 fully saturated rings. The Balaban J connectivity index is 1.70. The average Bonchev–Trinajstić information content (AvgIpc) is 3.22. The molecule has 0 radical (unpaired) electrons. The number of hydrogen-bond donors (Lipinski definition) is 2. The first-order valence-corrected chi connectivity index (χ1v) is 12.3. The van der Waals surface area contributed by atoms with E-state index in [1.165, 1.54) is 6.08 Å². The molecular weight excluding hydrogens is 504 g/mol. The molecule has 198 valence electrons. The molecule has 2 aromatic heterocycles. The van der Waals surface area contributed by atoms with Crippen LogP contribution in [-0.4, -0.2) is 71.7 Å². The molecule has 0 atom stereocenters. The predicted molar refractivity (Wildman–Crippen MR) is 154 cm³/mol. The van der Waals surface area contributed by atoms with Crippen molar-refractivity contribution in [2.24, 2.45) is 7.05 Å². The molecule has 1 amide bonds. The van der Waals surface area contributed by atoms with Gasteiger partial charge >= 0.3 is 0 Å². The molecule has 11 heteroatoms. The van der Waals surface area contributed by atoms with Crippen LogP contribution >= 0.6 is 11.6 Å². The monoisotopic (exact) mass is 534 g/mol. The Hall–Kier alpha value is -4.15. The molecule has 0 saturated heterocycles. The van der Waals surface area contributed by atoms with E-state index >= 15 is 0 Å². The van der Waals surface area contributed by atoms with Gasteiger partial charge in [-0.15, -0.1) is 0 Å². The quantitative estimate of drug-likeness (QED) is 0.286. The number of rotatable bonds is 10. The lowest BCUT2D eigenvalue weighted by atomic mass is 10.2. The molecule has 38 heavy (non-hydrogen) atoms. The minimum Gasteiger partial charge on any atom is -0.494 e. The molecule has 2 aromatic carbocycles. The Morgan fingerprint density at radius 1 is 1.13 bits per heavy atom. The number of ether oxygens (including phenoxy) is 1. The van der Waals surface area contributed by atoms with E-state index in [2.05, 4.69) is 32.0 Å². The number of methoxy groups -OCH3 is 1. The van der Waals surface area contributed by atoms with E-state index in [0.29, 0.717) is 39.6 Å². The van der Waals surface area contributed by atoms with Crippen molar-refractivity contribution < 1.29 is 9.53 Å². The van der Waals surface area contributed by atoms with Gasteiger partial charge in [-0.2, -0.15) is 0 Å². The lowest BCUT2D eigenvalue weighted by Gasteiger charge is -2.26. The van der Waals surface area contributed by atoms with E-state index in [-0.39, 0.29) is 5.91 Å². The van der Waals surface area contributed by atoms with Crippen molar-refractivity contribution in [2.45, 2.75) is 0 Å². The van der Waals surface area contributed by atoms with Crippen LogP contribution < -0.4 is 20.3 Å². The standard InChI is InChI=1S/C27H31ClN8O2/c1-7-25(37)30-20-15-21(24(38-6)16-23(20)35(4)13-12-34(2)3)33-27-29-11-10-18(32-27)26-31-19-14-17(28)8-9-22(19)36(26)5/h7-11,14-16H,1,12-13H2,2-6H3,(H,30,37)(H,29,32,33). The van der Waals surface area contributed by atoms with Crippen molar-refractivity contribution in [3.05, 3.63) is 60.3 Å². The number of aryl methyl sites for hydroxylation is 1. The number of aromatic nitrogens is 4. The van der Waals surface area contributed by atoms with Gasteiger partial charge in [0.2, 0.25) is 11.9 Å². The Morgan fingerprint density at radius 3 is 2.63 bits per heavy atom. The summed E-state index contributed by atoms with van der Waals surface area (Å²) in [6.07, 6.45) is 2.89. The van der Waals surface area contributed by atoms with Gasteiger partial charge in [0.25, 0.3) is 0 Å². The van der Waals surface area contributed by atoms with Crippen LogP contribution in [0.25, 0.3) is 22.6 Å². The molecular formula is C27H31ClN8O2. The number of fused-ring (bicyclic) bond motifs is 1. The lowest BCUT2D eigenvalue weighted by Crippen LogP contribution is -2.29. The number of carbonyl (C=O) groups excluding carboxylic acids is 1. The number of hydrogen-bond acceptors (Lipinski definition) is 8. The van der Waals surface area contributed by atoms with Crippen molar-refractivity contribution in [2.75, 3.05) is 56.9 Å². The number of imidazole rings is 1. The zero-order chi connectivity index (χ0) is 27.4. The number of halogens is 1. The van der Waals surface area contributed by atoms with Gasteiger partial charge in [0.15, 0.2) is 5.82 Å². The van der Waals surface area contributed by atoms with Crippen LogP contribution in [0.15, 0.2) is 55.3 Å². The predicted octanol–water partition coefficient (Wildman–Crippen LogP) is 4.56. The van der Waals surface area contributed by atoms with E-state index in [1.54, 1.807) is 25.4 Å².